The Balaban J connectivity index is 1.49. The molecule has 1 aromatic heterocycles. The van der Waals surface area contributed by atoms with Crippen molar-refractivity contribution in [3.05, 3.63) is 71.8 Å². The smallest absolute Gasteiger partial charge is 0.255 e. The lowest BCUT2D eigenvalue weighted by molar-refractivity contribution is 0.102. The molecule has 0 unspecified atom stereocenters. The molecule has 0 spiro atoms. The van der Waals surface area contributed by atoms with Crippen LogP contribution in [-0.2, 0) is 0 Å². The number of carbonyl (C=O) groups is 1. The standard InChI is InChI=1S/C22H19N5O/c23-15-16-6-8-17(9-7-16)22(28)24-19-5-3-4-18(14-19)20-10-11-21(26-25-20)27-12-1-2-13-27/h3-11,14H,1-2,12-13H2,(H,24,28). The van der Waals surface area contributed by atoms with Crippen LogP contribution in [0.2, 0.25) is 0 Å². The zero-order chi connectivity index (χ0) is 19.3. The highest BCUT2D eigenvalue weighted by atomic mass is 16.1. The van der Waals surface area contributed by atoms with Gasteiger partial charge in [0.1, 0.15) is 0 Å². The summed E-state index contributed by atoms with van der Waals surface area (Å²) in [6, 6.07) is 20.1. The first-order valence-corrected chi connectivity index (χ1v) is 9.23. The molecule has 138 valence electrons. The zero-order valence-corrected chi connectivity index (χ0v) is 15.3. The number of rotatable bonds is 4. The van der Waals surface area contributed by atoms with Crippen LogP contribution in [0.5, 0.6) is 0 Å². The van der Waals surface area contributed by atoms with Crippen LogP contribution in [0.3, 0.4) is 0 Å². The molecule has 2 heterocycles. The van der Waals surface area contributed by atoms with E-state index in [9.17, 15) is 4.79 Å². The van der Waals surface area contributed by atoms with Crippen molar-refractivity contribution in [1.29, 1.82) is 5.26 Å². The monoisotopic (exact) mass is 369 g/mol. The summed E-state index contributed by atoms with van der Waals surface area (Å²) in [6.45, 7) is 2.07. The van der Waals surface area contributed by atoms with E-state index in [1.807, 2.05) is 42.5 Å². The van der Waals surface area contributed by atoms with E-state index >= 15 is 0 Å². The van der Waals surface area contributed by atoms with Gasteiger partial charge in [-0.05, 0) is 61.4 Å². The minimum atomic E-state index is -0.225. The van der Waals surface area contributed by atoms with Crippen molar-refractivity contribution >= 4 is 17.4 Å². The van der Waals surface area contributed by atoms with Crippen molar-refractivity contribution in [2.75, 3.05) is 23.3 Å². The Hall–Kier alpha value is -3.72. The van der Waals surface area contributed by atoms with Gasteiger partial charge in [0, 0.05) is 29.9 Å². The number of hydrogen-bond acceptors (Lipinski definition) is 5. The van der Waals surface area contributed by atoms with E-state index in [0.717, 1.165) is 30.2 Å². The van der Waals surface area contributed by atoms with E-state index in [-0.39, 0.29) is 5.91 Å². The van der Waals surface area contributed by atoms with Crippen LogP contribution in [0, 0.1) is 11.3 Å². The minimum absolute atomic E-state index is 0.225. The molecular formula is C22H19N5O. The zero-order valence-electron chi connectivity index (χ0n) is 15.3. The number of aromatic nitrogens is 2. The van der Waals surface area contributed by atoms with Crippen molar-refractivity contribution in [1.82, 2.24) is 10.2 Å². The lowest BCUT2D eigenvalue weighted by Crippen LogP contribution is -2.19. The van der Waals surface area contributed by atoms with Gasteiger partial charge in [0.15, 0.2) is 5.82 Å². The van der Waals surface area contributed by atoms with Crippen molar-refractivity contribution in [2.24, 2.45) is 0 Å². The molecule has 0 atom stereocenters. The molecule has 4 rings (SSSR count). The maximum absolute atomic E-state index is 12.4. The summed E-state index contributed by atoms with van der Waals surface area (Å²) in [5, 5.41) is 20.4. The highest BCUT2D eigenvalue weighted by Gasteiger charge is 2.14. The van der Waals surface area contributed by atoms with Gasteiger partial charge in [0.05, 0.1) is 17.3 Å². The molecule has 1 saturated heterocycles. The molecule has 28 heavy (non-hydrogen) atoms. The average molecular weight is 369 g/mol. The molecule has 3 aromatic rings. The number of nitriles is 1. The van der Waals surface area contributed by atoms with Crippen LogP contribution < -0.4 is 10.2 Å². The number of benzene rings is 2. The maximum Gasteiger partial charge on any atom is 0.255 e. The van der Waals surface area contributed by atoms with Crippen molar-refractivity contribution in [3.8, 4) is 17.3 Å². The summed E-state index contributed by atoms with van der Waals surface area (Å²) < 4.78 is 0. The van der Waals surface area contributed by atoms with Gasteiger partial charge in [0.2, 0.25) is 0 Å². The van der Waals surface area contributed by atoms with Gasteiger partial charge in [-0.1, -0.05) is 12.1 Å². The second-order valence-electron chi connectivity index (χ2n) is 6.70. The molecule has 6 nitrogen and oxygen atoms in total. The van der Waals surface area contributed by atoms with Crippen LogP contribution >= 0.6 is 0 Å². The van der Waals surface area contributed by atoms with Crippen LogP contribution in [0.15, 0.2) is 60.7 Å². The Kier molecular flexibility index (Phi) is 4.98. The van der Waals surface area contributed by atoms with Gasteiger partial charge in [0.25, 0.3) is 5.91 Å². The van der Waals surface area contributed by atoms with Crippen molar-refractivity contribution in [3.63, 3.8) is 0 Å². The summed E-state index contributed by atoms with van der Waals surface area (Å²) in [4.78, 5) is 14.7. The summed E-state index contributed by atoms with van der Waals surface area (Å²) in [5.74, 6) is 0.684. The highest BCUT2D eigenvalue weighted by molar-refractivity contribution is 6.04. The van der Waals surface area contributed by atoms with Crippen LogP contribution in [0.4, 0.5) is 11.5 Å². The maximum atomic E-state index is 12.4. The number of carbonyl (C=O) groups excluding carboxylic acids is 1. The largest absolute Gasteiger partial charge is 0.355 e. The molecular weight excluding hydrogens is 350 g/mol. The van der Waals surface area contributed by atoms with Gasteiger partial charge in [-0.25, -0.2) is 0 Å². The summed E-state index contributed by atoms with van der Waals surface area (Å²) in [7, 11) is 0. The number of hydrogen-bond donors (Lipinski definition) is 1. The first kappa shape index (κ1) is 17.7. The topological polar surface area (TPSA) is 81.9 Å². The average Bonchev–Trinajstić information content (AvgIpc) is 3.29. The quantitative estimate of drug-likeness (QED) is 0.755. The van der Waals surface area contributed by atoms with E-state index in [0.29, 0.717) is 16.8 Å². The highest BCUT2D eigenvalue weighted by Crippen LogP contribution is 2.23. The SMILES string of the molecule is N#Cc1ccc(C(=O)Nc2cccc(-c3ccc(N4CCCC4)nn3)c2)cc1. The normalized spacial score (nSPS) is 13.2. The fraction of sp³-hybridized carbons (Fsp3) is 0.182. The number of anilines is 2. The molecule has 1 N–H and O–H groups in total. The van der Waals surface area contributed by atoms with Crippen LogP contribution in [0.1, 0.15) is 28.8 Å². The third-order valence-electron chi connectivity index (χ3n) is 4.77. The number of amides is 1. The van der Waals surface area contributed by atoms with E-state index in [1.54, 1.807) is 24.3 Å². The van der Waals surface area contributed by atoms with Gasteiger partial charge in [-0.2, -0.15) is 5.26 Å². The molecule has 0 saturated carbocycles. The molecule has 6 heteroatoms. The molecule has 0 radical (unpaired) electrons. The number of nitrogens with zero attached hydrogens (tertiary/aromatic N) is 4. The Morgan fingerprint density at radius 1 is 1.00 bits per heavy atom. The second-order valence-corrected chi connectivity index (χ2v) is 6.70. The molecule has 1 amide bonds. The van der Waals surface area contributed by atoms with Gasteiger partial charge in [-0.3, -0.25) is 4.79 Å². The predicted octanol–water partition coefficient (Wildman–Crippen LogP) is 3.87. The van der Waals surface area contributed by atoms with Gasteiger partial charge < -0.3 is 10.2 Å². The number of nitrogens with one attached hydrogen (secondary N) is 1. The minimum Gasteiger partial charge on any atom is -0.355 e. The Labute approximate surface area is 163 Å². The summed E-state index contributed by atoms with van der Waals surface area (Å²) >= 11 is 0. The Morgan fingerprint density at radius 2 is 1.79 bits per heavy atom. The first-order valence-electron chi connectivity index (χ1n) is 9.23. The fourth-order valence-corrected chi connectivity index (χ4v) is 3.25. The predicted molar refractivity (Wildman–Crippen MR) is 108 cm³/mol. The molecule has 1 aliphatic rings. The molecule has 0 aliphatic carbocycles. The molecule has 0 bridgehead atoms. The summed E-state index contributed by atoms with van der Waals surface area (Å²) in [5.41, 5.74) is 3.35. The lowest BCUT2D eigenvalue weighted by atomic mass is 10.1. The molecule has 1 fully saturated rings. The second kappa shape index (κ2) is 7.89. The van der Waals surface area contributed by atoms with Crippen LogP contribution in [-0.4, -0.2) is 29.2 Å². The van der Waals surface area contributed by atoms with E-state index < -0.39 is 0 Å². The van der Waals surface area contributed by atoms with E-state index in [1.165, 1.54) is 12.8 Å². The third kappa shape index (κ3) is 3.84. The Morgan fingerprint density at radius 3 is 2.46 bits per heavy atom. The van der Waals surface area contributed by atoms with Crippen molar-refractivity contribution in [2.45, 2.75) is 12.8 Å². The van der Waals surface area contributed by atoms with Crippen molar-refractivity contribution < 1.29 is 4.79 Å². The van der Waals surface area contributed by atoms with E-state index in [2.05, 4.69) is 20.4 Å². The van der Waals surface area contributed by atoms with E-state index in [4.69, 9.17) is 5.26 Å². The first-order chi connectivity index (χ1) is 13.7. The Bertz CT molecular complexity index is 1020. The van der Waals surface area contributed by atoms with Gasteiger partial charge in [-0.15, -0.1) is 10.2 Å². The van der Waals surface area contributed by atoms with Gasteiger partial charge >= 0.3 is 0 Å². The fourth-order valence-electron chi connectivity index (χ4n) is 3.25. The molecule has 2 aromatic carbocycles. The third-order valence-corrected chi connectivity index (χ3v) is 4.77. The lowest BCUT2D eigenvalue weighted by Gasteiger charge is -2.15. The summed E-state index contributed by atoms with van der Waals surface area (Å²) in [6.07, 6.45) is 2.40. The van der Waals surface area contributed by atoms with Crippen LogP contribution in [0.25, 0.3) is 11.3 Å². The molecule has 1 aliphatic heterocycles.